The number of hydrogen-bond donors (Lipinski definition) is 1. The number of ether oxygens (including phenoxy) is 3. The Balaban J connectivity index is 1.22. The van der Waals surface area contributed by atoms with Gasteiger partial charge in [0.2, 0.25) is 12.7 Å². The topological polar surface area (TPSA) is 72.0 Å². The van der Waals surface area contributed by atoms with Crippen LogP contribution in [-0.4, -0.2) is 67.1 Å². The van der Waals surface area contributed by atoms with E-state index >= 15 is 0 Å². The maximum atomic E-state index is 5.47. The number of aromatic nitrogens is 2. The highest BCUT2D eigenvalue weighted by Crippen LogP contribution is 2.35. The van der Waals surface area contributed by atoms with Crippen LogP contribution >= 0.6 is 0 Å². The lowest BCUT2D eigenvalue weighted by molar-refractivity contribution is 0.0114. The summed E-state index contributed by atoms with van der Waals surface area (Å²) < 4.78 is 16.3. The first-order valence-corrected chi connectivity index (χ1v) is 9.92. The lowest BCUT2D eigenvalue weighted by atomic mass is 10.0. The van der Waals surface area contributed by atoms with Crippen LogP contribution in [0.5, 0.6) is 11.5 Å². The summed E-state index contributed by atoms with van der Waals surface area (Å²) in [5, 5.41) is 3.34. The van der Waals surface area contributed by atoms with Crippen LogP contribution in [0, 0.1) is 0 Å². The van der Waals surface area contributed by atoms with Crippen LogP contribution in [0.15, 0.2) is 30.5 Å². The first-order chi connectivity index (χ1) is 13.8. The third kappa shape index (κ3) is 3.70. The van der Waals surface area contributed by atoms with Crippen molar-refractivity contribution >= 4 is 17.5 Å². The second-order valence-electron chi connectivity index (χ2n) is 7.30. The number of anilines is 3. The minimum Gasteiger partial charge on any atom is -0.454 e. The molecule has 2 fully saturated rings. The molecule has 0 unspecified atom stereocenters. The van der Waals surface area contributed by atoms with E-state index in [-0.39, 0.29) is 6.79 Å². The van der Waals surface area contributed by atoms with Gasteiger partial charge in [-0.2, -0.15) is 4.98 Å². The number of nitrogens with one attached hydrogen (secondary N) is 1. The Morgan fingerprint density at radius 3 is 2.64 bits per heavy atom. The molecule has 0 saturated carbocycles. The van der Waals surface area contributed by atoms with Gasteiger partial charge in [-0.15, -0.1) is 0 Å². The number of piperidine rings is 1. The third-order valence-electron chi connectivity index (χ3n) is 5.60. The van der Waals surface area contributed by atoms with Crippen molar-refractivity contribution in [3.63, 3.8) is 0 Å². The third-order valence-corrected chi connectivity index (χ3v) is 5.60. The van der Waals surface area contributed by atoms with Gasteiger partial charge in [-0.25, -0.2) is 4.98 Å². The van der Waals surface area contributed by atoms with Crippen LogP contribution in [0.25, 0.3) is 0 Å². The van der Waals surface area contributed by atoms with E-state index in [0.717, 1.165) is 81.2 Å². The molecule has 0 aliphatic carbocycles. The zero-order valence-electron chi connectivity index (χ0n) is 15.8. The van der Waals surface area contributed by atoms with Crippen LogP contribution in [0.1, 0.15) is 12.8 Å². The minimum atomic E-state index is 0.275. The molecular weight excluding hydrogens is 358 g/mol. The van der Waals surface area contributed by atoms with Gasteiger partial charge in [0.1, 0.15) is 5.82 Å². The molecule has 148 valence electrons. The molecule has 3 aliphatic heterocycles. The van der Waals surface area contributed by atoms with Crippen LogP contribution in [0.3, 0.4) is 0 Å². The zero-order valence-corrected chi connectivity index (χ0v) is 15.8. The van der Waals surface area contributed by atoms with Gasteiger partial charge in [-0.05, 0) is 31.0 Å². The van der Waals surface area contributed by atoms with E-state index < -0.39 is 0 Å². The fourth-order valence-corrected chi connectivity index (χ4v) is 4.07. The van der Waals surface area contributed by atoms with Gasteiger partial charge in [-0.1, -0.05) is 0 Å². The SMILES string of the molecule is c1cc(Nc2ccc3c(c2)OCO3)nc(N2CCC(N3CCOCC3)CC2)n1. The second kappa shape index (κ2) is 7.81. The van der Waals surface area contributed by atoms with Gasteiger partial charge in [0, 0.05) is 50.2 Å². The number of nitrogens with zero attached hydrogens (tertiary/aromatic N) is 4. The monoisotopic (exact) mass is 383 g/mol. The highest BCUT2D eigenvalue weighted by Gasteiger charge is 2.26. The maximum Gasteiger partial charge on any atom is 0.231 e. The summed E-state index contributed by atoms with van der Waals surface area (Å²) in [7, 11) is 0. The van der Waals surface area contributed by atoms with E-state index in [1.54, 1.807) is 0 Å². The highest BCUT2D eigenvalue weighted by molar-refractivity contribution is 5.62. The maximum absolute atomic E-state index is 5.47. The molecular formula is C20H25N5O3. The quantitative estimate of drug-likeness (QED) is 0.862. The molecule has 2 aromatic rings. The van der Waals surface area contributed by atoms with E-state index in [1.807, 2.05) is 30.5 Å². The molecule has 0 bridgehead atoms. The number of morpholine rings is 1. The number of fused-ring (bicyclic) bond motifs is 1. The standard InChI is InChI=1S/C20H25N5O3/c1-2-17-18(28-14-27-17)13-15(1)22-19-3-6-21-20(23-19)25-7-4-16(5-8-25)24-9-11-26-12-10-24/h1-3,6,13,16H,4-5,7-12,14H2,(H,21,22,23). The van der Waals surface area contributed by atoms with Crippen molar-refractivity contribution in [2.24, 2.45) is 0 Å². The Kier molecular flexibility index (Phi) is 4.88. The average Bonchev–Trinajstić information content (AvgIpc) is 3.23. The van der Waals surface area contributed by atoms with E-state index in [9.17, 15) is 0 Å². The predicted molar refractivity (Wildman–Crippen MR) is 106 cm³/mol. The van der Waals surface area contributed by atoms with E-state index in [2.05, 4.69) is 20.1 Å². The first kappa shape index (κ1) is 17.5. The van der Waals surface area contributed by atoms with Crippen LogP contribution in [0.4, 0.5) is 17.5 Å². The summed E-state index contributed by atoms with van der Waals surface area (Å²) in [6.07, 6.45) is 4.10. The van der Waals surface area contributed by atoms with E-state index in [4.69, 9.17) is 19.2 Å². The summed E-state index contributed by atoms with van der Waals surface area (Å²) in [4.78, 5) is 14.1. The highest BCUT2D eigenvalue weighted by atomic mass is 16.7. The van der Waals surface area contributed by atoms with Crippen LogP contribution in [-0.2, 0) is 4.74 Å². The molecule has 28 heavy (non-hydrogen) atoms. The summed E-state index contributed by atoms with van der Waals surface area (Å²) in [5.41, 5.74) is 0.917. The molecule has 1 aromatic heterocycles. The Bertz CT molecular complexity index is 819. The Hall–Kier alpha value is -2.58. The van der Waals surface area contributed by atoms with Gasteiger partial charge in [0.05, 0.1) is 13.2 Å². The van der Waals surface area contributed by atoms with Crippen molar-refractivity contribution in [2.75, 3.05) is 56.4 Å². The Morgan fingerprint density at radius 1 is 0.964 bits per heavy atom. The summed E-state index contributed by atoms with van der Waals surface area (Å²) in [5.74, 6) is 3.09. The van der Waals surface area contributed by atoms with E-state index in [0.29, 0.717) is 6.04 Å². The van der Waals surface area contributed by atoms with Gasteiger partial charge >= 0.3 is 0 Å². The number of benzene rings is 1. The van der Waals surface area contributed by atoms with Gasteiger partial charge < -0.3 is 24.4 Å². The molecule has 0 spiro atoms. The van der Waals surface area contributed by atoms with E-state index in [1.165, 1.54) is 0 Å². The fraction of sp³-hybridized carbons (Fsp3) is 0.500. The molecule has 3 aliphatic rings. The molecule has 4 heterocycles. The molecule has 0 radical (unpaired) electrons. The summed E-state index contributed by atoms with van der Waals surface area (Å²) in [6, 6.07) is 8.33. The number of hydrogen-bond acceptors (Lipinski definition) is 8. The fourth-order valence-electron chi connectivity index (χ4n) is 4.07. The summed E-state index contributed by atoms with van der Waals surface area (Å²) >= 11 is 0. The Labute approximate surface area is 164 Å². The van der Waals surface area contributed by atoms with Crippen LogP contribution < -0.4 is 19.7 Å². The van der Waals surface area contributed by atoms with Crippen molar-refractivity contribution in [3.05, 3.63) is 30.5 Å². The Morgan fingerprint density at radius 2 is 1.79 bits per heavy atom. The molecule has 5 rings (SSSR count). The van der Waals surface area contributed by atoms with Crippen molar-refractivity contribution in [3.8, 4) is 11.5 Å². The minimum absolute atomic E-state index is 0.275. The lowest BCUT2D eigenvalue weighted by Crippen LogP contribution is -2.49. The lowest BCUT2D eigenvalue weighted by Gasteiger charge is -2.40. The van der Waals surface area contributed by atoms with Crippen molar-refractivity contribution in [1.82, 2.24) is 14.9 Å². The molecule has 8 heteroatoms. The normalized spacial score (nSPS) is 20.4. The largest absolute Gasteiger partial charge is 0.454 e. The van der Waals surface area contributed by atoms with Gasteiger partial charge in [-0.3, -0.25) is 4.90 Å². The van der Waals surface area contributed by atoms with Crippen molar-refractivity contribution < 1.29 is 14.2 Å². The average molecular weight is 383 g/mol. The van der Waals surface area contributed by atoms with Crippen molar-refractivity contribution in [2.45, 2.75) is 18.9 Å². The van der Waals surface area contributed by atoms with Gasteiger partial charge in [0.25, 0.3) is 0 Å². The first-order valence-electron chi connectivity index (χ1n) is 9.92. The van der Waals surface area contributed by atoms with Crippen molar-refractivity contribution in [1.29, 1.82) is 0 Å². The molecule has 1 aromatic carbocycles. The summed E-state index contributed by atoms with van der Waals surface area (Å²) in [6.45, 7) is 6.06. The zero-order chi connectivity index (χ0) is 18.8. The number of rotatable bonds is 4. The van der Waals surface area contributed by atoms with Crippen LogP contribution in [0.2, 0.25) is 0 Å². The predicted octanol–water partition coefficient (Wildman–Crippen LogP) is 2.25. The molecule has 8 nitrogen and oxygen atoms in total. The molecule has 2 saturated heterocycles. The second-order valence-corrected chi connectivity index (χ2v) is 7.30. The smallest absolute Gasteiger partial charge is 0.231 e. The molecule has 0 amide bonds. The van der Waals surface area contributed by atoms with Gasteiger partial charge in [0.15, 0.2) is 11.5 Å². The molecule has 1 N–H and O–H groups in total. The molecule has 0 atom stereocenters.